The fourth-order valence-corrected chi connectivity index (χ4v) is 4.28. The third kappa shape index (κ3) is 5.05. The molecule has 6 nitrogen and oxygen atoms in total. The average molecular weight is 482 g/mol. The van der Waals surface area contributed by atoms with Gasteiger partial charge in [-0.3, -0.25) is 14.5 Å². The molecule has 0 saturated carbocycles. The van der Waals surface area contributed by atoms with Crippen LogP contribution in [0.25, 0.3) is 17.4 Å². The number of nitrogens with zero attached hydrogens (tertiary/aromatic N) is 1. The molecule has 0 bridgehead atoms. The van der Waals surface area contributed by atoms with Gasteiger partial charge < -0.3 is 9.15 Å². The highest BCUT2D eigenvalue weighted by Crippen LogP contribution is 2.34. The summed E-state index contributed by atoms with van der Waals surface area (Å²) in [5.74, 6) is 0.0267. The van der Waals surface area contributed by atoms with Crippen molar-refractivity contribution < 1.29 is 23.5 Å². The third-order valence-corrected chi connectivity index (χ3v) is 6.22. The van der Waals surface area contributed by atoms with Gasteiger partial charge in [0.05, 0.1) is 28.6 Å². The van der Waals surface area contributed by atoms with E-state index >= 15 is 0 Å². The Labute approximate surface area is 200 Å². The lowest BCUT2D eigenvalue weighted by molar-refractivity contribution is -0.123. The summed E-state index contributed by atoms with van der Waals surface area (Å²) < 4.78 is 10.9. The number of benzene rings is 2. The highest BCUT2D eigenvalue weighted by molar-refractivity contribution is 8.18. The minimum atomic E-state index is -0.515. The van der Waals surface area contributed by atoms with Crippen molar-refractivity contribution in [2.24, 2.45) is 0 Å². The molecule has 8 heteroatoms. The maximum absolute atomic E-state index is 12.8. The standard InChI is InChI=1S/C25H20ClNO5S/c1-3-31-24(29)19-12-17(8-10-20(19)26)21-11-9-18(32-21)13-22-23(28)27(25(30)33-22)14-16-6-4-15(2)5-7-16/h4-13H,3,14H2,1-2H3/b22-13-. The minimum Gasteiger partial charge on any atom is -0.462 e. The van der Waals surface area contributed by atoms with Crippen LogP contribution in [0.2, 0.25) is 5.02 Å². The van der Waals surface area contributed by atoms with E-state index in [0.29, 0.717) is 17.1 Å². The van der Waals surface area contributed by atoms with E-state index in [1.54, 1.807) is 43.3 Å². The number of rotatable bonds is 6. The second kappa shape index (κ2) is 9.68. The summed E-state index contributed by atoms with van der Waals surface area (Å²) >= 11 is 7.00. The third-order valence-electron chi connectivity index (χ3n) is 4.98. The van der Waals surface area contributed by atoms with E-state index in [2.05, 4.69) is 0 Å². The molecule has 33 heavy (non-hydrogen) atoms. The number of carbonyl (C=O) groups is 3. The SMILES string of the molecule is CCOC(=O)c1cc(-c2ccc(/C=C3\SC(=O)N(Cc4ccc(C)cc4)C3=O)o2)ccc1Cl. The number of thioether (sulfide) groups is 1. The van der Waals surface area contributed by atoms with E-state index in [1.165, 1.54) is 4.90 Å². The van der Waals surface area contributed by atoms with Crippen LogP contribution in [0.4, 0.5) is 4.79 Å². The van der Waals surface area contributed by atoms with Crippen molar-refractivity contribution in [3.8, 4) is 11.3 Å². The molecule has 0 spiro atoms. The summed E-state index contributed by atoms with van der Waals surface area (Å²) in [4.78, 5) is 38.8. The topological polar surface area (TPSA) is 76.8 Å². The van der Waals surface area contributed by atoms with E-state index in [4.69, 9.17) is 20.8 Å². The molecule has 168 valence electrons. The number of amides is 2. The zero-order chi connectivity index (χ0) is 23.5. The molecule has 1 aliphatic rings. The Balaban J connectivity index is 1.53. The molecule has 2 amide bonds. The lowest BCUT2D eigenvalue weighted by Gasteiger charge is -2.12. The van der Waals surface area contributed by atoms with Crippen LogP contribution in [0.3, 0.4) is 0 Å². The van der Waals surface area contributed by atoms with Gasteiger partial charge in [-0.25, -0.2) is 4.79 Å². The summed E-state index contributed by atoms with van der Waals surface area (Å²) in [6.45, 7) is 4.15. The van der Waals surface area contributed by atoms with Crippen LogP contribution in [0.5, 0.6) is 0 Å². The van der Waals surface area contributed by atoms with E-state index in [9.17, 15) is 14.4 Å². The Kier molecular flexibility index (Phi) is 6.72. The molecule has 1 saturated heterocycles. The molecule has 1 aromatic heterocycles. The van der Waals surface area contributed by atoms with Crippen molar-refractivity contribution in [1.82, 2.24) is 4.90 Å². The number of aryl methyl sites for hydroxylation is 1. The normalized spacial score (nSPS) is 14.9. The van der Waals surface area contributed by atoms with Crippen molar-refractivity contribution in [1.29, 1.82) is 0 Å². The first-order valence-electron chi connectivity index (χ1n) is 10.2. The number of halogens is 1. The molecule has 0 N–H and O–H groups in total. The van der Waals surface area contributed by atoms with Gasteiger partial charge in [0.25, 0.3) is 11.1 Å². The molecule has 0 aliphatic carbocycles. The van der Waals surface area contributed by atoms with E-state index in [-0.39, 0.29) is 39.8 Å². The fraction of sp³-hybridized carbons (Fsp3) is 0.160. The summed E-state index contributed by atoms with van der Waals surface area (Å²) in [7, 11) is 0. The monoisotopic (exact) mass is 481 g/mol. The summed E-state index contributed by atoms with van der Waals surface area (Å²) in [5.41, 5.74) is 2.86. The molecule has 3 aromatic rings. The van der Waals surface area contributed by atoms with Crippen LogP contribution < -0.4 is 0 Å². The quantitative estimate of drug-likeness (QED) is 0.303. The van der Waals surface area contributed by atoms with Crippen LogP contribution in [-0.4, -0.2) is 28.6 Å². The van der Waals surface area contributed by atoms with Crippen LogP contribution in [0, 0.1) is 6.92 Å². The van der Waals surface area contributed by atoms with Gasteiger partial charge in [0.1, 0.15) is 11.5 Å². The van der Waals surface area contributed by atoms with Crippen LogP contribution in [0.15, 0.2) is 63.9 Å². The molecular weight excluding hydrogens is 462 g/mol. The van der Waals surface area contributed by atoms with E-state index < -0.39 is 5.97 Å². The second-order valence-electron chi connectivity index (χ2n) is 7.37. The van der Waals surface area contributed by atoms with Crippen LogP contribution >= 0.6 is 23.4 Å². The molecule has 1 aliphatic heterocycles. The number of furan rings is 1. The number of hydrogen-bond acceptors (Lipinski definition) is 6. The largest absolute Gasteiger partial charge is 0.462 e. The average Bonchev–Trinajstić information content (AvgIpc) is 3.36. The Bertz CT molecular complexity index is 1260. The number of hydrogen-bond donors (Lipinski definition) is 0. The molecule has 0 unspecified atom stereocenters. The lowest BCUT2D eigenvalue weighted by atomic mass is 10.1. The van der Waals surface area contributed by atoms with Gasteiger partial charge in [-0.1, -0.05) is 41.4 Å². The summed E-state index contributed by atoms with van der Waals surface area (Å²) in [6, 6.07) is 16.0. The lowest BCUT2D eigenvalue weighted by Crippen LogP contribution is -2.27. The minimum absolute atomic E-state index is 0.215. The predicted molar refractivity (Wildman–Crippen MR) is 128 cm³/mol. The molecule has 1 fully saturated rings. The second-order valence-corrected chi connectivity index (χ2v) is 8.77. The first kappa shape index (κ1) is 22.9. The van der Waals surface area contributed by atoms with Crippen molar-refractivity contribution >= 4 is 46.6 Å². The van der Waals surface area contributed by atoms with Crippen LogP contribution in [-0.2, 0) is 16.1 Å². The van der Waals surface area contributed by atoms with Gasteiger partial charge in [-0.05, 0) is 61.5 Å². The maximum atomic E-state index is 12.8. The molecular formula is C25H20ClNO5S. The van der Waals surface area contributed by atoms with Crippen molar-refractivity contribution in [3.63, 3.8) is 0 Å². The fourth-order valence-electron chi connectivity index (χ4n) is 3.27. The van der Waals surface area contributed by atoms with Gasteiger partial charge in [-0.15, -0.1) is 0 Å². The highest BCUT2D eigenvalue weighted by atomic mass is 35.5. The van der Waals surface area contributed by atoms with Crippen molar-refractivity contribution in [2.45, 2.75) is 20.4 Å². The van der Waals surface area contributed by atoms with Gasteiger partial charge in [0.2, 0.25) is 0 Å². The highest BCUT2D eigenvalue weighted by Gasteiger charge is 2.35. The smallest absolute Gasteiger partial charge is 0.339 e. The molecule has 2 aromatic carbocycles. The number of esters is 1. The Morgan fingerprint density at radius 1 is 1.12 bits per heavy atom. The number of carbonyl (C=O) groups excluding carboxylic acids is 3. The van der Waals surface area contributed by atoms with Gasteiger partial charge in [-0.2, -0.15) is 0 Å². The molecule has 2 heterocycles. The summed E-state index contributed by atoms with van der Waals surface area (Å²) in [6.07, 6.45) is 1.55. The zero-order valence-electron chi connectivity index (χ0n) is 18.0. The maximum Gasteiger partial charge on any atom is 0.339 e. The van der Waals surface area contributed by atoms with Crippen molar-refractivity contribution in [2.75, 3.05) is 6.61 Å². The summed E-state index contributed by atoms with van der Waals surface area (Å²) in [5, 5.41) is -0.0402. The zero-order valence-corrected chi connectivity index (χ0v) is 19.5. The van der Waals surface area contributed by atoms with Crippen molar-refractivity contribution in [3.05, 3.63) is 87.0 Å². The Morgan fingerprint density at radius 3 is 2.61 bits per heavy atom. The number of ether oxygens (including phenoxy) is 1. The molecule has 4 rings (SSSR count). The van der Waals surface area contributed by atoms with E-state index in [0.717, 1.165) is 22.9 Å². The van der Waals surface area contributed by atoms with Gasteiger partial charge >= 0.3 is 5.97 Å². The van der Waals surface area contributed by atoms with Gasteiger partial charge in [0, 0.05) is 11.6 Å². The van der Waals surface area contributed by atoms with Gasteiger partial charge in [0.15, 0.2) is 0 Å². The van der Waals surface area contributed by atoms with E-state index in [1.807, 2.05) is 31.2 Å². The first-order valence-corrected chi connectivity index (χ1v) is 11.4. The molecule has 0 radical (unpaired) electrons. The molecule has 0 atom stereocenters. The first-order chi connectivity index (χ1) is 15.9. The van der Waals surface area contributed by atoms with Crippen LogP contribution in [0.1, 0.15) is 34.2 Å². The number of imide groups is 1. The Morgan fingerprint density at radius 2 is 1.88 bits per heavy atom. The predicted octanol–water partition coefficient (Wildman–Crippen LogP) is 6.32. The Hall–Kier alpha value is -3.29.